The van der Waals surface area contributed by atoms with Crippen LogP contribution in [0.15, 0.2) is 36.7 Å². The predicted molar refractivity (Wildman–Crippen MR) is 85.6 cm³/mol. The van der Waals surface area contributed by atoms with Crippen LogP contribution in [0.25, 0.3) is 0 Å². The molecule has 1 atom stereocenters. The Morgan fingerprint density at radius 2 is 2.10 bits per heavy atom. The number of nitrogens with one attached hydrogen (secondary N) is 1. The highest BCUT2D eigenvalue weighted by Gasteiger charge is 2.16. The van der Waals surface area contributed by atoms with Gasteiger partial charge in [-0.15, -0.1) is 0 Å². The summed E-state index contributed by atoms with van der Waals surface area (Å²) in [6.07, 6.45) is 5.79. The highest BCUT2D eigenvalue weighted by Crippen LogP contribution is 2.28. The zero-order valence-corrected chi connectivity index (χ0v) is 13.2. The summed E-state index contributed by atoms with van der Waals surface area (Å²) in [5.41, 5.74) is 1.23. The standard InChI is InChI=1S/C17H25N3O/c1-4-18-15(10-11-17-19-12-13-20(17)3)14-8-6-7-9-16(14)21-5-2/h6-9,12-13,15,18H,4-5,10-11H2,1-3H3. The Morgan fingerprint density at radius 1 is 1.29 bits per heavy atom. The fourth-order valence-electron chi connectivity index (χ4n) is 2.58. The van der Waals surface area contributed by atoms with Gasteiger partial charge in [0, 0.05) is 37.5 Å². The molecule has 0 radical (unpaired) electrons. The van der Waals surface area contributed by atoms with Crippen molar-refractivity contribution in [3.63, 3.8) is 0 Å². The first-order chi connectivity index (χ1) is 10.3. The van der Waals surface area contributed by atoms with E-state index in [1.54, 1.807) is 0 Å². The summed E-state index contributed by atoms with van der Waals surface area (Å²) < 4.78 is 7.85. The van der Waals surface area contributed by atoms with Crippen molar-refractivity contribution >= 4 is 0 Å². The second-order valence-corrected chi connectivity index (χ2v) is 5.07. The lowest BCUT2D eigenvalue weighted by Gasteiger charge is -2.21. The van der Waals surface area contributed by atoms with Gasteiger partial charge in [-0.25, -0.2) is 4.98 Å². The lowest BCUT2D eigenvalue weighted by molar-refractivity contribution is 0.330. The van der Waals surface area contributed by atoms with E-state index < -0.39 is 0 Å². The SMILES string of the molecule is CCNC(CCc1nccn1C)c1ccccc1OCC. The first kappa shape index (κ1) is 15.6. The van der Waals surface area contributed by atoms with Crippen molar-refractivity contribution in [3.05, 3.63) is 48.0 Å². The zero-order valence-electron chi connectivity index (χ0n) is 13.2. The van der Waals surface area contributed by atoms with Gasteiger partial charge in [0.25, 0.3) is 0 Å². The average molecular weight is 287 g/mol. The van der Waals surface area contributed by atoms with Gasteiger partial charge in [0.1, 0.15) is 11.6 Å². The maximum absolute atomic E-state index is 5.76. The molecule has 0 fully saturated rings. The summed E-state index contributed by atoms with van der Waals surface area (Å²) >= 11 is 0. The van der Waals surface area contributed by atoms with E-state index in [-0.39, 0.29) is 6.04 Å². The second-order valence-electron chi connectivity index (χ2n) is 5.07. The van der Waals surface area contributed by atoms with Gasteiger partial charge in [0.2, 0.25) is 0 Å². The molecule has 0 aliphatic rings. The quantitative estimate of drug-likeness (QED) is 0.811. The van der Waals surface area contributed by atoms with Gasteiger partial charge in [-0.3, -0.25) is 0 Å². The molecular weight excluding hydrogens is 262 g/mol. The molecule has 1 unspecified atom stereocenters. The number of para-hydroxylation sites is 1. The number of imidazole rings is 1. The van der Waals surface area contributed by atoms with Crippen LogP contribution in [0.2, 0.25) is 0 Å². The number of nitrogens with zero attached hydrogens (tertiary/aromatic N) is 2. The lowest BCUT2D eigenvalue weighted by Crippen LogP contribution is -2.22. The van der Waals surface area contributed by atoms with Crippen LogP contribution in [0.4, 0.5) is 0 Å². The molecular formula is C17H25N3O. The number of benzene rings is 1. The summed E-state index contributed by atoms with van der Waals surface area (Å²) in [5.74, 6) is 2.09. The zero-order chi connectivity index (χ0) is 15.1. The van der Waals surface area contributed by atoms with Gasteiger partial charge < -0.3 is 14.6 Å². The second kappa shape index (κ2) is 7.84. The minimum atomic E-state index is 0.287. The molecule has 1 aromatic heterocycles. The van der Waals surface area contributed by atoms with E-state index >= 15 is 0 Å². The molecule has 2 aromatic rings. The Hall–Kier alpha value is -1.81. The van der Waals surface area contributed by atoms with Gasteiger partial charge in [-0.2, -0.15) is 0 Å². The van der Waals surface area contributed by atoms with Crippen LogP contribution in [-0.2, 0) is 13.5 Å². The summed E-state index contributed by atoms with van der Waals surface area (Å²) in [4.78, 5) is 4.40. The largest absolute Gasteiger partial charge is 0.494 e. The lowest BCUT2D eigenvalue weighted by atomic mass is 10.0. The van der Waals surface area contributed by atoms with Crippen LogP contribution in [0, 0.1) is 0 Å². The molecule has 4 nitrogen and oxygen atoms in total. The molecule has 114 valence electrons. The van der Waals surface area contributed by atoms with Gasteiger partial charge in [0.15, 0.2) is 0 Å². The van der Waals surface area contributed by atoms with E-state index in [1.165, 1.54) is 5.56 Å². The molecule has 0 bridgehead atoms. The molecule has 21 heavy (non-hydrogen) atoms. The topological polar surface area (TPSA) is 39.1 Å². The maximum atomic E-state index is 5.76. The Balaban J connectivity index is 2.13. The van der Waals surface area contributed by atoms with E-state index in [2.05, 4.69) is 33.9 Å². The Bertz CT molecular complexity index is 550. The molecule has 0 amide bonds. The predicted octanol–water partition coefficient (Wildman–Crippen LogP) is 3.10. The van der Waals surface area contributed by atoms with Gasteiger partial charge in [-0.1, -0.05) is 25.1 Å². The number of aryl methyl sites for hydroxylation is 2. The Morgan fingerprint density at radius 3 is 2.76 bits per heavy atom. The smallest absolute Gasteiger partial charge is 0.124 e. The highest BCUT2D eigenvalue weighted by atomic mass is 16.5. The summed E-state index contributed by atoms with van der Waals surface area (Å²) in [7, 11) is 2.04. The van der Waals surface area contributed by atoms with E-state index in [4.69, 9.17) is 4.74 Å². The number of aromatic nitrogens is 2. The number of hydrogen-bond acceptors (Lipinski definition) is 3. The third-order valence-electron chi connectivity index (χ3n) is 3.62. The van der Waals surface area contributed by atoms with Crippen molar-refractivity contribution in [2.45, 2.75) is 32.7 Å². The summed E-state index contributed by atoms with van der Waals surface area (Å²) in [6, 6.07) is 8.58. The molecule has 1 aromatic carbocycles. The summed E-state index contributed by atoms with van der Waals surface area (Å²) in [6.45, 7) is 5.78. The highest BCUT2D eigenvalue weighted by molar-refractivity contribution is 5.36. The van der Waals surface area contributed by atoms with Crippen molar-refractivity contribution in [3.8, 4) is 5.75 Å². The van der Waals surface area contributed by atoms with Crippen LogP contribution in [0.1, 0.15) is 37.7 Å². The Labute approximate surface area is 127 Å². The average Bonchev–Trinajstić information content (AvgIpc) is 2.90. The summed E-state index contributed by atoms with van der Waals surface area (Å²) in [5, 5.41) is 3.56. The van der Waals surface area contributed by atoms with E-state index in [1.807, 2.05) is 38.5 Å². The molecule has 4 heteroatoms. The van der Waals surface area contributed by atoms with Crippen molar-refractivity contribution in [1.82, 2.24) is 14.9 Å². The van der Waals surface area contributed by atoms with Crippen molar-refractivity contribution < 1.29 is 4.74 Å². The van der Waals surface area contributed by atoms with Crippen molar-refractivity contribution in [1.29, 1.82) is 0 Å². The first-order valence-corrected chi connectivity index (χ1v) is 7.67. The van der Waals surface area contributed by atoms with Crippen molar-refractivity contribution in [2.24, 2.45) is 7.05 Å². The molecule has 0 saturated heterocycles. The molecule has 0 saturated carbocycles. The van der Waals surface area contributed by atoms with Gasteiger partial charge in [-0.05, 0) is 26.0 Å². The maximum Gasteiger partial charge on any atom is 0.124 e. The molecule has 0 aliphatic carbocycles. The van der Waals surface area contributed by atoms with Crippen LogP contribution in [-0.4, -0.2) is 22.7 Å². The third-order valence-corrected chi connectivity index (χ3v) is 3.62. The number of rotatable bonds is 8. The third kappa shape index (κ3) is 4.08. The number of hydrogen-bond donors (Lipinski definition) is 1. The molecule has 1 heterocycles. The van der Waals surface area contributed by atoms with Crippen LogP contribution < -0.4 is 10.1 Å². The van der Waals surface area contributed by atoms with E-state index in [0.717, 1.165) is 31.0 Å². The van der Waals surface area contributed by atoms with Gasteiger partial charge in [0.05, 0.1) is 6.61 Å². The van der Waals surface area contributed by atoms with Crippen LogP contribution in [0.3, 0.4) is 0 Å². The fourth-order valence-corrected chi connectivity index (χ4v) is 2.58. The first-order valence-electron chi connectivity index (χ1n) is 7.67. The Kier molecular flexibility index (Phi) is 5.81. The van der Waals surface area contributed by atoms with E-state index in [9.17, 15) is 0 Å². The molecule has 1 N–H and O–H groups in total. The van der Waals surface area contributed by atoms with Crippen LogP contribution in [0.5, 0.6) is 5.75 Å². The molecule has 0 aliphatic heterocycles. The molecule has 0 spiro atoms. The normalized spacial score (nSPS) is 12.3. The monoisotopic (exact) mass is 287 g/mol. The van der Waals surface area contributed by atoms with E-state index in [0.29, 0.717) is 6.61 Å². The minimum absolute atomic E-state index is 0.287. The molecule has 2 rings (SSSR count). The van der Waals surface area contributed by atoms with Crippen molar-refractivity contribution in [2.75, 3.05) is 13.2 Å². The minimum Gasteiger partial charge on any atom is -0.494 e. The number of ether oxygens (including phenoxy) is 1. The van der Waals surface area contributed by atoms with Gasteiger partial charge >= 0.3 is 0 Å². The fraction of sp³-hybridized carbons (Fsp3) is 0.471. The van der Waals surface area contributed by atoms with Crippen LogP contribution >= 0.6 is 0 Å².